The highest BCUT2D eigenvalue weighted by Gasteiger charge is 2.24. The van der Waals surface area contributed by atoms with E-state index in [1.807, 2.05) is 29.9 Å². The van der Waals surface area contributed by atoms with Crippen molar-refractivity contribution in [3.63, 3.8) is 0 Å². The lowest BCUT2D eigenvalue weighted by Gasteiger charge is -2.16. The van der Waals surface area contributed by atoms with E-state index in [-0.39, 0.29) is 0 Å². The predicted molar refractivity (Wildman–Crippen MR) is 134 cm³/mol. The summed E-state index contributed by atoms with van der Waals surface area (Å²) >= 11 is 1.19. The number of aromatic nitrogens is 5. The molecule has 0 spiro atoms. The summed E-state index contributed by atoms with van der Waals surface area (Å²) in [7, 11) is 1.41. The minimum absolute atomic E-state index is 0.311. The Morgan fingerprint density at radius 1 is 1.24 bits per heavy atom. The number of nitrogens with zero attached hydrogens (tertiary/aromatic N) is 6. The Morgan fingerprint density at radius 3 is 2.74 bits per heavy atom. The molecule has 0 atom stereocenters. The van der Waals surface area contributed by atoms with Crippen LogP contribution in [0.5, 0.6) is 0 Å². The van der Waals surface area contributed by atoms with Gasteiger partial charge in [0.05, 0.1) is 28.8 Å². The summed E-state index contributed by atoms with van der Waals surface area (Å²) < 4.78 is 30.7. The molecule has 0 saturated carbocycles. The van der Waals surface area contributed by atoms with Gasteiger partial charge in [0.15, 0.2) is 11.5 Å². The van der Waals surface area contributed by atoms with Crippen LogP contribution >= 0.6 is 11.3 Å². The number of nitrogens with one attached hydrogen (secondary N) is 2. The van der Waals surface area contributed by atoms with Crippen LogP contribution in [-0.4, -0.2) is 64.1 Å². The number of thiophene rings is 1. The molecule has 0 bridgehead atoms. The zero-order chi connectivity index (χ0) is 24.0. The van der Waals surface area contributed by atoms with Gasteiger partial charge in [-0.3, -0.25) is 9.08 Å². The van der Waals surface area contributed by atoms with Gasteiger partial charge in [0, 0.05) is 45.6 Å². The second-order valence-electron chi connectivity index (χ2n) is 8.40. The molecule has 1 aliphatic heterocycles. The molecular weight excluding hydrogens is 472 g/mol. The fourth-order valence-corrected chi connectivity index (χ4v) is 6.64. The first-order valence-corrected chi connectivity index (χ1v) is 13.1. The minimum Gasteiger partial charge on any atom is -0.329 e. The summed E-state index contributed by atoms with van der Waals surface area (Å²) in [6.07, 6.45) is 10.7. The largest absolute Gasteiger partial charge is 0.329 e. The van der Waals surface area contributed by atoms with Gasteiger partial charge in [0.25, 0.3) is 10.0 Å². The van der Waals surface area contributed by atoms with Crippen molar-refractivity contribution in [2.24, 2.45) is 7.05 Å². The van der Waals surface area contributed by atoms with E-state index in [1.165, 1.54) is 29.7 Å². The monoisotopic (exact) mass is 498 g/mol. The molecule has 0 radical (unpaired) electrons. The fraction of sp³-hybridized carbons (Fsp3) is 0.318. The summed E-state index contributed by atoms with van der Waals surface area (Å²) in [6, 6.07) is 1.83. The number of anilines is 2. The zero-order valence-electron chi connectivity index (χ0n) is 19.4. The van der Waals surface area contributed by atoms with Crippen molar-refractivity contribution in [3.05, 3.63) is 48.2 Å². The van der Waals surface area contributed by atoms with Gasteiger partial charge in [-0.15, -0.1) is 11.3 Å². The number of aryl methyl sites for hydroxylation is 2. The van der Waals surface area contributed by atoms with Gasteiger partial charge in [-0.25, -0.2) is 22.7 Å². The van der Waals surface area contributed by atoms with Crippen LogP contribution in [0.2, 0.25) is 0 Å². The molecule has 178 valence electrons. The number of imidazole rings is 1. The lowest BCUT2D eigenvalue weighted by atomic mass is 10.1. The van der Waals surface area contributed by atoms with Gasteiger partial charge in [0.1, 0.15) is 4.21 Å². The highest BCUT2D eigenvalue weighted by atomic mass is 32.2. The number of hydrogen-bond acceptors (Lipinski definition) is 8. The molecule has 10 nitrogen and oxygen atoms in total. The second kappa shape index (κ2) is 8.62. The standard InChI is InChI=1S/C22H26N8O2S2/c1-14-8-19(33-22(14)34(31,32)28(2)3)27-20-21-24-11-18(16-10-25-29(4)12-16)30(21)13-17(26-20)15-6-5-7-23-9-15/h6,8,10-13,23H,5,7,9H2,1-4H3,(H,26,27). The van der Waals surface area contributed by atoms with Crippen LogP contribution in [0.4, 0.5) is 10.8 Å². The molecule has 0 fully saturated rings. The number of rotatable bonds is 6. The summed E-state index contributed by atoms with van der Waals surface area (Å²) in [6.45, 7) is 3.48. The van der Waals surface area contributed by atoms with Crippen LogP contribution < -0.4 is 10.6 Å². The number of hydrogen-bond donors (Lipinski definition) is 2. The predicted octanol–water partition coefficient (Wildman–Crippen LogP) is 2.87. The van der Waals surface area contributed by atoms with Crippen molar-refractivity contribution in [2.75, 3.05) is 32.5 Å². The van der Waals surface area contributed by atoms with Crippen molar-refractivity contribution in [2.45, 2.75) is 17.6 Å². The first-order chi connectivity index (χ1) is 16.2. The Morgan fingerprint density at radius 2 is 2.06 bits per heavy atom. The highest BCUT2D eigenvalue weighted by Crippen LogP contribution is 2.35. The van der Waals surface area contributed by atoms with Crippen LogP contribution in [-0.2, 0) is 17.1 Å². The van der Waals surface area contributed by atoms with Crippen molar-refractivity contribution < 1.29 is 8.42 Å². The van der Waals surface area contributed by atoms with Crippen molar-refractivity contribution in [1.29, 1.82) is 0 Å². The molecule has 4 aromatic rings. The Hall–Kier alpha value is -3.06. The highest BCUT2D eigenvalue weighted by molar-refractivity contribution is 7.91. The third kappa shape index (κ3) is 4.02. The van der Waals surface area contributed by atoms with Gasteiger partial charge in [-0.05, 0) is 37.1 Å². The number of sulfonamides is 1. The van der Waals surface area contributed by atoms with E-state index < -0.39 is 10.0 Å². The van der Waals surface area contributed by atoms with Gasteiger partial charge < -0.3 is 10.6 Å². The van der Waals surface area contributed by atoms with Gasteiger partial charge >= 0.3 is 0 Å². The maximum absolute atomic E-state index is 12.7. The fourth-order valence-electron chi connectivity index (χ4n) is 3.90. The molecule has 1 aliphatic rings. The number of fused-ring (bicyclic) bond motifs is 1. The SMILES string of the molecule is Cc1cc(Nc2nc(C3=CCCNC3)cn3c(-c4cnn(C)c4)cnc23)sc1S(=O)(=O)N(C)C. The molecule has 5 heterocycles. The van der Waals surface area contributed by atoms with Crippen LogP contribution in [0.25, 0.3) is 22.5 Å². The first-order valence-electron chi connectivity index (χ1n) is 10.8. The Bertz CT molecular complexity index is 1510. The normalized spacial score (nSPS) is 14.7. The first kappa shape index (κ1) is 22.7. The molecule has 0 aromatic carbocycles. The topological polar surface area (TPSA) is 109 Å². The van der Waals surface area contributed by atoms with E-state index in [0.29, 0.717) is 26.2 Å². The van der Waals surface area contributed by atoms with E-state index in [1.54, 1.807) is 24.0 Å². The van der Waals surface area contributed by atoms with Crippen molar-refractivity contribution >= 4 is 43.4 Å². The summed E-state index contributed by atoms with van der Waals surface area (Å²) in [5.41, 5.74) is 5.12. The molecule has 5 rings (SSSR count). The summed E-state index contributed by atoms with van der Waals surface area (Å²) in [5, 5.41) is 11.7. The third-order valence-electron chi connectivity index (χ3n) is 5.68. The Labute approximate surface area is 202 Å². The zero-order valence-corrected chi connectivity index (χ0v) is 21.0. The van der Waals surface area contributed by atoms with E-state index in [2.05, 4.69) is 26.8 Å². The van der Waals surface area contributed by atoms with Crippen LogP contribution in [0.15, 0.2) is 41.1 Å². The van der Waals surface area contributed by atoms with Gasteiger partial charge in [-0.2, -0.15) is 5.10 Å². The van der Waals surface area contributed by atoms with Crippen LogP contribution in [0.1, 0.15) is 17.7 Å². The molecule has 4 aromatic heterocycles. The third-order valence-corrected chi connectivity index (χ3v) is 9.26. The van der Waals surface area contributed by atoms with Crippen molar-refractivity contribution in [3.8, 4) is 11.3 Å². The van der Waals surface area contributed by atoms with E-state index in [4.69, 9.17) is 4.98 Å². The van der Waals surface area contributed by atoms with E-state index in [0.717, 1.165) is 42.0 Å². The molecule has 0 unspecified atom stereocenters. The van der Waals surface area contributed by atoms with Crippen molar-refractivity contribution in [1.82, 2.24) is 33.8 Å². The molecule has 0 amide bonds. The molecule has 2 N–H and O–H groups in total. The smallest absolute Gasteiger partial charge is 0.252 e. The van der Waals surface area contributed by atoms with Gasteiger partial charge in [-0.1, -0.05) is 6.08 Å². The molecule has 34 heavy (non-hydrogen) atoms. The van der Waals surface area contributed by atoms with E-state index in [9.17, 15) is 8.42 Å². The molecule has 0 aliphatic carbocycles. The van der Waals surface area contributed by atoms with Crippen LogP contribution in [0, 0.1) is 6.92 Å². The second-order valence-corrected chi connectivity index (χ2v) is 11.8. The summed E-state index contributed by atoms with van der Waals surface area (Å²) in [5.74, 6) is 0.564. The lowest BCUT2D eigenvalue weighted by molar-refractivity contribution is 0.522. The molecule has 12 heteroatoms. The average Bonchev–Trinajstić information content (AvgIpc) is 3.52. The Kier molecular flexibility index (Phi) is 5.76. The maximum atomic E-state index is 12.7. The Balaban J connectivity index is 1.63. The maximum Gasteiger partial charge on any atom is 0.252 e. The minimum atomic E-state index is -3.53. The lowest BCUT2D eigenvalue weighted by Crippen LogP contribution is -2.22. The quantitative estimate of drug-likeness (QED) is 0.421. The molecule has 0 saturated heterocycles. The molecular formula is C22H26N8O2S2. The summed E-state index contributed by atoms with van der Waals surface area (Å²) in [4.78, 5) is 9.53. The van der Waals surface area contributed by atoms with Crippen LogP contribution in [0.3, 0.4) is 0 Å². The average molecular weight is 499 g/mol. The van der Waals surface area contributed by atoms with E-state index >= 15 is 0 Å². The van der Waals surface area contributed by atoms with Gasteiger partial charge in [0.2, 0.25) is 0 Å².